The van der Waals surface area contributed by atoms with Gasteiger partial charge in [-0.05, 0) is 37.1 Å². The molecule has 5 nitrogen and oxygen atoms in total. The molecule has 2 aromatic heterocycles. The molecule has 0 spiro atoms. The SMILES string of the molecule is O=c1c(Cl)c(N2CCCC2c2nc3ccccc3s2)cnn1-c1ccccc1. The zero-order valence-corrected chi connectivity index (χ0v) is 16.5. The molecule has 0 N–H and O–H groups in total. The topological polar surface area (TPSA) is 51.0 Å². The average molecular weight is 409 g/mol. The summed E-state index contributed by atoms with van der Waals surface area (Å²) in [6.07, 6.45) is 3.71. The van der Waals surface area contributed by atoms with E-state index in [1.165, 1.54) is 9.38 Å². The number of rotatable bonds is 3. The number of hydrogen-bond donors (Lipinski definition) is 0. The first-order valence-corrected chi connectivity index (χ1v) is 10.4. The van der Waals surface area contributed by atoms with Crippen LogP contribution in [-0.2, 0) is 0 Å². The zero-order valence-electron chi connectivity index (χ0n) is 15.0. The monoisotopic (exact) mass is 408 g/mol. The molecule has 1 saturated heterocycles. The summed E-state index contributed by atoms with van der Waals surface area (Å²) < 4.78 is 2.52. The fourth-order valence-corrected chi connectivity index (χ4v) is 5.07. The van der Waals surface area contributed by atoms with Crippen molar-refractivity contribution in [3.8, 4) is 5.69 Å². The van der Waals surface area contributed by atoms with Gasteiger partial charge in [0.1, 0.15) is 10.0 Å². The summed E-state index contributed by atoms with van der Waals surface area (Å²) in [7, 11) is 0. The van der Waals surface area contributed by atoms with Crippen molar-refractivity contribution in [3.05, 3.63) is 81.2 Å². The molecule has 1 unspecified atom stereocenters. The number of aromatic nitrogens is 3. The van der Waals surface area contributed by atoms with Gasteiger partial charge in [-0.25, -0.2) is 4.98 Å². The lowest BCUT2D eigenvalue weighted by molar-refractivity contribution is 0.706. The fourth-order valence-electron chi connectivity index (χ4n) is 3.72. The van der Waals surface area contributed by atoms with Crippen LogP contribution in [0.1, 0.15) is 23.9 Å². The van der Waals surface area contributed by atoms with Gasteiger partial charge in [0.25, 0.3) is 5.56 Å². The normalized spacial score (nSPS) is 16.8. The summed E-state index contributed by atoms with van der Waals surface area (Å²) in [4.78, 5) is 19.8. The van der Waals surface area contributed by atoms with Crippen molar-refractivity contribution in [2.24, 2.45) is 0 Å². The molecule has 1 atom stereocenters. The second kappa shape index (κ2) is 7.04. The Kier molecular flexibility index (Phi) is 4.37. The summed E-state index contributed by atoms with van der Waals surface area (Å²) in [6, 6.07) is 17.6. The van der Waals surface area contributed by atoms with Crippen LogP contribution in [0.15, 0.2) is 65.6 Å². The lowest BCUT2D eigenvalue weighted by Gasteiger charge is -2.25. The number of halogens is 1. The Balaban J connectivity index is 1.54. The highest BCUT2D eigenvalue weighted by Crippen LogP contribution is 2.40. The lowest BCUT2D eigenvalue weighted by Crippen LogP contribution is -2.28. The summed E-state index contributed by atoms with van der Waals surface area (Å²) >= 11 is 8.23. The van der Waals surface area contributed by atoms with Gasteiger partial charge in [-0.3, -0.25) is 4.79 Å². The minimum atomic E-state index is -0.305. The maximum atomic E-state index is 12.9. The minimum absolute atomic E-state index is 0.115. The first kappa shape index (κ1) is 17.4. The lowest BCUT2D eigenvalue weighted by atomic mass is 10.2. The van der Waals surface area contributed by atoms with Gasteiger partial charge in [0.15, 0.2) is 0 Å². The van der Waals surface area contributed by atoms with Crippen molar-refractivity contribution in [2.45, 2.75) is 18.9 Å². The van der Waals surface area contributed by atoms with E-state index >= 15 is 0 Å². The van der Waals surface area contributed by atoms with Gasteiger partial charge < -0.3 is 4.90 Å². The molecule has 4 aromatic rings. The quantitative estimate of drug-likeness (QED) is 0.487. The molecule has 0 saturated carbocycles. The van der Waals surface area contributed by atoms with E-state index in [2.05, 4.69) is 16.1 Å². The van der Waals surface area contributed by atoms with E-state index in [1.54, 1.807) is 17.5 Å². The summed E-state index contributed by atoms with van der Waals surface area (Å²) in [6.45, 7) is 0.830. The second-order valence-corrected chi connectivity index (χ2v) is 8.21. The third-order valence-electron chi connectivity index (χ3n) is 5.06. The van der Waals surface area contributed by atoms with Crippen LogP contribution in [0.5, 0.6) is 0 Å². The first-order chi connectivity index (χ1) is 13.7. The molecule has 0 bridgehead atoms. The third kappa shape index (κ3) is 2.89. The Hall–Kier alpha value is -2.70. The van der Waals surface area contributed by atoms with E-state index in [9.17, 15) is 4.79 Å². The van der Waals surface area contributed by atoms with E-state index in [0.29, 0.717) is 11.4 Å². The molecular weight excluding hydrogens is 392 g/mol. The van der Waals surface area contributed by atoms with Crippen LogP contribution < -0.4 is 10.5 Å². The van der Waals surface area contributed by atoms with Gasteiger partial charge in [-0.2, -0.15) is 9.78 Å². The van der Waals surface area contributed by atoms with Crippen molar-refractivity contribution >= 4 is 38.8 Å². The molecule has 2 aromatic carbocycles. The van der Waals surface area contributed by atoms with Crippen LogP contribution in [0.25, 0.3) is 15.9 Å². The summed E-state index contributed by atoms with van der Waals surface area (Å²) in [5.74, 6) is 0. The van der Waals surface area contributed by atoms with Crippen LogP contribution >= 0.6 is 22.9 Å². The Morgan fingerprint density at radius 2 is 1.86 bits per heavy atom. The molecule has 5 rings (SSSR count). The predicted octanol–water partition coefficient (Wildman–Crippen LogP) is 4.84. The van der Waals surface area contributed by atoms with Crippen molar-refractivity contribution < 1.29 is 0 Å². The summed E-state index contributed by atoms with van der Waals surface area (Å²) in [5.41, 5.74) is 2.09. The van der Waals surface area contributed by atoms with Crippen molar-refractivity contribution in [1.82, 2.24) is 14.8 Å². The standard InChI is InChI=1S/C21H17ClN4OS/c22-19-17(13-23-26(21(19)27)14-7-2-1-3-8-14)25-12-6-10-16(25)20-24-15-9-4-5-11-18(15)28-20/h1-5,7-9,11,13,16H,6,10,12H2. The molecule has 0 amide bonds. The van der Waals surface area contributed by atoms with Crippen molar-refractivity contribution in [1.29, 1.82) is 0 Å². The molecule has 140 valence electrons. The first-order valence-electron chi connectivity index (χ1n) is 9.18. The Morgan fingerprint density at radius 3 is 2.68 bits per heavy atom. The largest absolute Gasteiger partial charge is 0.359 e. The minimum Gasteiger partial charge on any atom is -0.359 e. The maximum absolute atomic E-state index is 12.9. The molecule has 7 heteroatoms. The number of anilines is 1. The molecule has 0 radical (unpaired) electrons. The number of benzene rings is 2. The van der Waals surface area contributed by atoms with E-state index in [1.807, 2.05) is 48.5 Å². The highest BCUT2D eigenvalue weighted by molar-refractivity contribution is 7.18. The highest BCUT2D eigenvalue weighted by atomic mass is 35.5. The molecule has 0 aliphatic carbocycles. The van der Waals surface area contributed by atoms with E-state index in [4.69, 9.17) is 16.6 Å². The van der Waals surface area contributed by atoms with Gasteiger partial charge >= 0.3 is 0 Å². The molecule has 1 aliphatic rings. The number of nitrogens with zero attached hydrogens (tertiary/aromatic N) is 4. The number of hydrogen-bond acceptors (Lipinski definition) is 5. The number of para-hydroxylation sites is 2. The van der Waals surface area contributed by atoms with Crippen LogP contribution in [-0.4, -0.2) is 21.3 Å². The van der Waals surface area contributed by atoms with Crippen molar-refractivity contribution in [2.75, 3.05) is 11.4 Å². The van der Waals surface area contributed by atoms with E-state index in [0.717, 1.165) is 29.9 Å². The average Bonchev–Trinajstić information content (AvgIpc) is 3.37. The number of thiazole rings is 1. The second-order valence-electron chi connectivity index (χ2n) is 6.77. The zero-order chi connectivity index (χ0) is 19.1. The van der Waals surface area contributed by atoms with Gasteiger partial charge in [-0.15, -0.1) is 11.3 Å². The van der Waals surface area contributed by atoms with E-state index in [-0.39, 0.29) is 16.6 Å². The molecule has 1 aliphatic heterocycles. The van der Waals surface area contributed by atoms with E-state index < -0.39 is 0 Å². The predicted molar refractivity (Wildman–Crippen MR) is 114 cm³/mol. The maximum Gasteiger partial charge on any atom is 0.292 e. The van der Waals surface area contributed by atoms with Crippen LogP contribution in [0.3, 0.4) is 0 Å². The van der Waals surface area contributed by atoms with Gasteiger partial charge in [-0.1, -0.05) is 41.9 Å². The third-order valence-corrected chi connectivity index (χ3v) is 6.55. The smallest absolute Gasteiger partial charge is 0.292 e. The fraction of sp³-hybridized carbons (Fsp3) is 0.190. The summed E-state index contributed by atoms with van der Waals surface area (Å²) in [5, 5.41) is 5.64. The van der Waals surface area contributed by atoms with Gasteiger partial charge in [0.05, 0.1) is 33.8 Å². The Bertz CT molecular complexity index is 1170. The van der Waals surface area contributed by atoms with Crippen LogP contribution in [0.2, 0.25) is 5.02 Å². The Morgan fingerprint density at radius 1 is 1.07 bits per heavy atom. The number of fused-ring (bicyclic) bond motifs is 1. The van der Waals surface area contributed by atoms with Gasteiger partial charge in [0, 0.05) is 6.54 Å². The Labute approximate surface area is 170 Å². The van der Waals surface area contributed by atoms with Crippen LogP contribution in [0.4, 0.5) is 5.69 Å². The van der Waals surface area contributed by atoms with Gasteiger partial charge in [0.2, 0.25) is 0 Å². The highest BCUT2D eigenvalue weighted by Gasteiger charge is 2.31. The molecular formula is C21H17ClN4OS. The molecule has 28 heavy (non-hydrogen) atoms. The van der Waals surface area contributed by atoms with Crippen LogP contribution in [0, 0.1) is 0 Å². The molecule has 3 heterocycles. The van der Waals surface area contributed by atoms with Crippen molar-refractivity contribution in [3.63, 3.8) is 0 Å². The molecule has 1 fully saturated rings.